The van der Waals surface area contributed by atoms with Gasteiger partial charge in [-0.15, -0.1) is 0 Å². The van der Waals surface area contributed by atoms with Gasteiger partial charge in [-0.3, -0.25) is 9.69 Å². The molecule has 26 heavy (non-hydrogen) atoms. The van der Waals surface area contributed by atoms with Crippen LogP contribution in [0, 0.1) is 11.3 Å². The second-order valence-electron chi connectivity index (χ2n) is 8.22. The number of rotatable bonds is 8. The van der Waals surface area contributed by atoms with Crippen LogP contribution in [0.2, 0.25) is 0 Å². The van der Waals surface area contributed by atoms with Crippen LogP contribution in [-0.4, -0.2) is 46.4 Å². The predicted molar refractivity (Wildman–Crippen MR) is 102 cm³/mol. The Labute approximate surface area is 157 Å². The molecule has 0 aliphatic carbocycles. The van der Waals surface area contributed by atoms with Gasteiger partial charge >= 0.3 is 5.97 Å². The molecule has 0 unspecified atom stereocenters. The van der Waals surface area contributed by atoms with Crippen LogP contribution < -0.4 is 4.74 Å². The van der Waals surface area contributed by atoms with Gasteiger partial charge < -0.3 is 14.9 Å². The van der Waals surface area contributed by atoms with Gasteiger partial charge in [0.15, 0.2) is 0 Å². The van der Waals surface area contributed by atoms with Crippen molar-refractivity contribution < 1.29 is 19.7 Å². The molecule has 1 heterocycles. The van der Waals surface area contributed by atoms with Crippen molar-refractivity contribution in [3.8, 4) is 5.75 Å². The quantitative estimate of drug-likeness (QED) is 0.739. The monoisotopic (exact) mass is 363 g/mol. The maximum absolute atomic E-state index is 12.1. The lowest BCUT2D eigenvalue weighted by Crippen LogP contribution is -2.55. The summed E-state index contributed by atoms with van der Waals surface area (Å²) in [4.78, 5) is 14.2. The summed E-state index contributed by atoms with van der Waals surface area (Å²) in [6.07, 6.45) is 1.13. The van der Waals surface area contributed by atoms with Crippen LogP contribution in [0.5, 0.6) is 5.75 Å². The number of hydrogen-bond donors (Lipinski definition) is 2. The van der Waals surface area contributed by atoms with Gasteiger partial charge in [-0.05, 0) is 56.7 Å². The van der Waals surface area contributed by atoms with E-state index in [1.165, 1.54) is 0 Å². The molecule has 1 saturated heterocycles. The van der Waals surface area contributed by atoms with E-state index in [1.54, 1.807) is 0 Å². The molecule has 0 bridgehead atoms. The van der Waals surface area contributed by atoms with Gasteiger partial charge in [0.2, 0.25) is 0 Å². The molecular formula is C21H33NO4. The number of carboxylic acids is 1. The zero-order valence-corrected chi connectivity index (χ0v) is 16.4. The summed E-state index contributed by atoms with van der Waals surface area (Å²) in [7, 11) is 0. The Kier molecular flexibility index (Phi) is 7.07. The zero-order chi connectivity index (χ0) is 19.3. The molecule has 5 nitrogen and oxygen atoms in total. The number of benzene rings is 1. The highest BCUT2D eigenvalue weighted by Gasteiger charge is 2.48. The lowest BCUT2D eigenvalue weighted by atomic mass is 9.72. The van der Waals surface area contributed by atoms with Crippen LogP contribution in [0.25, 0.3) is 0 Å². The summed E-state index contributed by atoms with van der Waals surface area (Å²) in [6.45, 7) is 9.91. The Bertz CT molecular complexity index is 601. The highest BCUT2D eigenvalue weighted by molar-refractivity contribution is 5.76. The zero-order valence-electron chi connectivity index (χ0n) is 16.4. The Morgan fingerprint density at radius 2 is 2.08 bits per heavy atom. The van der Waals surface area contributed by atoms with Crippen molar-refractivity contribution in [3.63, 3.8) is 0 Å². The third-order valence-electron chi connectivity index (χ3n) is 5.13. The SMILES string of the molecule is CC(C)CC[C@@]1(C(=O)O)CN(Cc2cccc(OC(C)C)c2)CC[C@H]1O. The number of hydrogen-bond acceptors (Lipinski definition) is 4. The number of ether oxygens (including phenoxy) is 1. The molecule has 2 N–H and O–H groups in total. The first-order valence-corrected chi connectivity index (χ1v) is 9.62. The normalized spacial score (nSPS) is 24.2. The Morgan fingerprint density at radius 1 is 1.35 bits per heavy atom. The molecule has 2 rings (SSSR count). The summed E-state index contributed by atoms with van der Waals surface area (Å²) in [5, 5.41) is 20.4. The molecule has 0 radical (unpaired) electrons. The predicted octanol–water partition coefficient (Wildman–Crippen LogP) is 3.55. The fraction of sp³-hybridized carbons (Fsp3) is 0.667. The van der Waals surface area contributed by atoms with Gasteiger partial charge in [-0.25, -0.2) is 0 Å². The molecule has 0 amide bonds. The Balaban J connectivity index is 2.12. The lowest BCUT2D eigenvalue weighted by molar-refractivity contribution is -0.165. The van der Waals surface area contributed by atoms with Gasteiger partial charge in [0.1, 0.15) is 11.2 Å². The molecule has 0 spiro atoms. The van der Waals surface area contributed by atoms with Crippen molar-refractivity contribution >= 4 is 5.97 Å². The molecule has 1 aliphatic rings. The smallest absolute Gasteiger partial charge is 0.313 e. The van der Waals surface area contributed by atoms with E-state index in [0.29, 0.717) is 38.4 Å². The molecule has 1 aromatic rings. The van der Waals surface area contributed by atoms with Crippen molar-refractivity contribution in [2.45, 2.75) is 65.7 Å². The number of aliphatic hydroxyl groups excluding tert-OH is 1. The van der Waals surface area contributed by atoms with Crippen molar-refractivity contribution in [2.75, 3.05) is 13.1 Å². The minimum Gasteiger partial charge on any atom is -0.491 e. The van der Waals surface area contributed by atoms with Crippen LogP contribution in [0.4, 0.5) is 0 Å². The maximum atomic E-state index is 12.1. The molecule has 1 aromatic carbocycles. The van der Waals surface area contributed by atoms with Gasteiger partial charge in [0, 0.05) is 19.6 Å². The van der Waals surface area contributed by atoms with E-state index in [4.69, 9.17) is 4.74 Å². The van der Waals surface area contributed by atoms with E-state index in [-0.39, 0.29) is 6.10 Å². The topological polar surface area (TPSA) is 70.0 Å². The van der Waals surface area contributed by atoms with E-state index in [2.05, 4.69) is 18.7 Å². The lowest BCUT2D eigenvalue weighted by Gasteiger charge is -2.43. The molecule has 1 aliphatic heterocycles. The van der Waals surface area contributed by atoms with Crippen LogP contribution >= 0.6 is 0 Å². The summed E-state index contributed by atoms with van der Waals surface area (Å²) < 4.78 is 5.75. The number of carbonyl (C=O) groups is 1. The summed E-state index contributed by atoms with van der Waals surface area (Å²) in [5.41, 5.74) is 0.0249. The van der Waals surface area contributed by atoms with Crippen LogP contribution in [0.15, 0.2) is 24.3 Å². The van der Waals surface area contributed by atoms with Crippen LogP contribution in [-0.2, 0) is 11.3 Å². The minimum absolute atomic E-state index is 0.117. The standard InChI is InChI=1S/C21H33NO4/c1-15(2)8-10-21(20(24)25)14-22(11-9-19(21)23)13-17-6-5-7-18(12-17)26-16(3)4/h5-7,12,15-16,19,23H,8-11,13-14H2,1-4H3,(H,24,25)/t19-,21-/m1/s1. The summed E-state index contributed by atoms with van der Waals surface area (Å²) in [6, 6.07) is 7.96. The van der Waals surface area contributed by atoms with E-state index < -0.39 is 17.5 Å². The number of likely N-dealkylation sites (tertiary alicyclic amines) is 1. The molecular weight excluding hydrogens is 330 g/mol. The van der Waals surface area contributed by atoms with Crippen molar-refractivity contribution in [3.05, 3.63) is 29.8 Å². The van der Waals surface area contributed by atoms with Crippen molar-refractivity contribution in [1.29, 1.82) is 0 Å². The largest absolute Gasteiger partial charge is 0.491 e. The van der Waals surface area contributed by atoms with Gasteiger partial charge in [-0.1, -0.05) is 26.0 Å². The minimum atomic E-state index is -1.07. The van der Waals surface area contributed by atoms with E-state index >= 15 is 0 Å². The van der Waals surface area contributed by atoms with Crippen LogP contribution in [0.1, 0.15) is 52.5 Å². The fourth-order valence-electron chi connectivity index (χ4n) is 3.66. The number of aliphatic hydroxyl groups is 1. The first-order chi connectivity index (χ1) is 12.2. The second kappa shape index (κ2) is 8.87. The first-order valence-electron chi connectivity index (χ1n) is 9.62. The average molecular weight is 363 g/mol. The van der Waals surface area contributed by atoms with Gasteiger partial charge in [0.05, 0.1) is 12.2 Å². The van der Waals surface area contributed by atoms with Gasteiger partial charge in [0.25, 0.3) is 0 Å². The highest BCUT2D eigenvalue weighted by atomic mass is 16.5. The van der Waals surface area contributed by atoms with E-state index in [0.717, 1.165) is 17.7 Å². The first kappa shape index (κ1) is 20.7. The third-order valence-corrected chi connectivity index (χ3v) is 5.13. The highest BCUT2D eigenvalue weighted by Crippen LogP contribution is 2.37. The molecule has 5 heteroatoms. The number of piperidine rings is 1. The van der Waals surface area contributed by atoms with Gasteiger partial charge in [-0.2, -0.15) is 0 Å². The Morgan fingerprint density at radius 3 is 2.69 bits per heavy atom. The van der Waals surface area contributed by atoms with Crippen molar-refractivity contribution in [1.82, 2.24) is 4.90 Å². The molecule has 1 fully saturated rings. The third kappa shape index (κ3) is 5.21. The molecule has 146 valence electrons. The van der Waals surface area contributed by atoms with E-state index in [9.17, 15) is 15.0 Å². The fourth-order valence-corrected chi connectivity index (χ4v) is 3.66. The summed E-state index contributed by atoms with van der Waals surface area (Å²) in [5.74, 6) is 0.366. The average Bonchev–Trinajstić information content (AvgIpc) is 2.55. The van der Waals surface area contributed by atoms with Crippen molar-refractivity contribution in [2.24, 2.45) is 11.3 Å². The molecule has 2 atom stereocenters. The number of carboxylic acid groups (broad SMARTS) is 1. The molecule has 0 saturated carbocycles. The van der Waals surface area contributed by atoms with Crippen LogP contribution in [0.3, 0.4) is 0 Å². The summed E-state index contributed by atoms with van der Waals surface area (Å²) >= 11 is 0. The molecule has 0 aromatic heterocycles. The Hall–Kier alpha value is -1.59. The number of aliphatic carboxylic acids is 1. The number of nitrogens with zero attached hydrogens (tertiary/aromatic N) is 1. The maximum Gasteiger partial charge on any atom is 0.313 e. The second-order valence-corrected chi connectivity index (χ2v) is 8.22. The van der Waals surface area contributed by atoms with E-state index in [1.807, 2.05) is 38.1 Å².